The first-order valence-electron chi connectivity index (χ1n) is 10.1. The molecule has 0 aromatic heterocycles. The number of unbranched alkanes of at least 4 members (excludes halogenated alkanes) is 1. The molecule has 0 spiro atoms. The Morgan fingerprint density at radius 1 is 0.900 bits per heavy atom. The summed E-state index contributed by atoms with van der Waals surface area (Å²) in [4.78, 5) is 36.9. The number of nitrogens with two attached hydrogens (primary N) is 1. The van der Waals surface area contributed by atoms with Crippen LogP contribution in [0.4, 0.5) is 4.79 Å². The summed E-state index contributed by atoms with van der Waals surface area (Å²) >= 11 is 0. The second kappa shape index (κ2) is 12.3. The Morgan fingerprint density at radius 3 is 2.07 bits per heavy atom. The van der Waals surface area contributed by atoms with Gasteiger partial charge >= 0.3 is 6.09 Å². The molecule has 7 nitrogen and oxygen atoms in total. The molecule has 0 bridgehead atoms. The van der Waals surface area contributed by atoms with Gasteiger partial charge in [0.1, 0.15) is 18.7 Å². The van der Waals surface area contributed by atoms with Crippen molar-refractivity contribution < 1.29 is 19.1 Å². The van der Waals surface area contributed by atoms with Gasteiger partial charge in [-0.05, 0) is 17.5 Å². The van der Waals surface area contributed by atoms with Crippen LogP contribution in [0.5, 0.6) is 0 Å². The molecule has 160 valence electrons. The number of carbonyl (C=O) groups is 3. The summed E-state index contributed by atoms with van der Waals surface area (Å²) in [5, 5.41) is 5.28. The molecule has 3 amide bonds. The molecule has 2 rings (SSSR count). The van der Waals surface area contributed by atoms with Gasteiger partial charge in [0.05, 0.1) is 0 Å². The first-order chi connectivity index (χ1) is 14.5. The standard InChI is InChI=1S/C23H29N3O4/c1-2-3-14-19(21(24)27)25-22(28)20(15-17-10-6-4-7-11-17)26-23(29)30-16-18-12-8-5-9-13-18/h4-13,19-20H,2-3,14-16H2,1H3,(H2,24,27)(H,25,28)(H,26,29)/t19-,20+/m0/s1. The highest BCUT2D eigenvalue weighted by molar-refractivity contribution is 5.90. The molecule has 0 saturated carbocycles. The number of ether oxygens (including phenoxy) is 1. The molecule has 2 atom stereocenters. The molecule has 4 N–H and O–H groups in total. The van der Waals surface area contributed by atoms with E-state index in [9.17, 15) is 14.4 Å². The van der Waals surface area contributed by atoms with E-state index in [2.05, 4.69) is 10.6 Å². The molecule has 30 heavy (non-hydrogen) atoms. The van der Waals surface area contributed by atoms with Crippen molar-refractivity contribution in [3.8, 4) is 0 Å². The van der Waals surface area contributed by atoms with Gasteiger partial charge in [-0.2, -0.15) is 0 Å². The minimum atomic E-state index is -0.904. The molecule has 2 aromatic carbocycles. The van der Waals surface area contributed by atoms with E-state index in [0.29, 0.717) is 6.42 Å². The lowest BCUT2D eigenvalue weighted by Gasteiger charge is -2.22. The van der Waals surface area contributed by atoms with Crippen LogP contribution in [0.25, 0.3) is 0 Å². The average Bonchev–Trinajstić information content (AvgIpc) is 2.76. The number of alkyl carbamates (subject to hydrolysis) is 1. The summed E-state index contributed by atoms with van der Waals surface area (Å²) in [6.07, 6.45) is 1.63. The van der Waals surface area contributed by atoms with Gasteiger partial charge in [0.15, 0.2) is 0 Å². The molecule has 0 radical (unpaired) electrons. The monoisotopic (exact) mass is 411 g/mol. The molecular formula is C23H29N3O4. The number of hydrogen-bond donors (Lipinski definition) is 3. The number of amides is 3. The third kappa shape index (κ3) is 7.95. The van der Waals surface area contributed by atoms with Gasteiger partial charge in [0, 0.05) is 6.42 Å². The molecule has 0 aliphatic carbocycles. The van der Waals surface area contributed by atoms with Crippen molar-refractivity contribution in [1.29, 1.82) is 0 Å². The van der Waals surface area contributed by atoms with E-state index in [1.165, 1.54) is 0 Å². The van der Waals surface area contributed by atoms with Crippen LogP contribution in [-0.2, 0) is 27.4 Å². The highest BCUT2D eigenvalue weighted by Gasteiger charge is 2.26. The lowest BCUT2D eigenvalue weighted by atomic mass is 10.0. The number of benzene rings is 2. The Labute approximate surface area is 177 Å². The molecule has 0 saturated heterocycles. The number of carbonyl (C=O) groups excluding carboxylic acids is 3. The molecule has 2 aromatic rings. The van der Waals surface area contributed by atoms with Gasteiger partial charge in [-0.3, -0.25) is 9.59 Å². The average molecular weight is 412 g/mol. The van der Waals surface area contributed by atoms with Gasteiger partial charge in [-0.15, -0.1) is 0 Å². The first-order valence-corrected chi connectivity index (χ1v) is 10.1. The Balaban J connectivity index is 2.04. The molecule has 0 unspecified atom stereocenters. The van der Waals surface area contributed by atoms with Crippen molar-refractivity contribution in [3.05, 3.63) is 71.8 Å². The van der Waals surface area contributed by atoms with E-state index in [0.717, 1.165) is 24.0 Å². The lowest BCUT2D eigenvalue weighted by molar-refractivity contribution is -0.128. The summed E-state index contributed by atoms with van der Waals surface area (Å²) < 4.78 is 5.24. The molecular weight excluding hydrogens is 382 g/mol. The predicted octanol–water partition coefficient (Wildman–Crippen LogP) is 2.68. The molecule has 0 fully saturated rings. The highest BCUT2D eigenvalue weighted by Crippen LogP contribution is 2.07. The maximum absolute atomic E-state index is 12.8. The van der Waals surface area contributed by atoms with Crippen LogP contribution in [0.15, 0.2) is 60.7 Å². The summed E-state index contributed by atoms with van der Waals surface area (Å²) in [5.41, 5.74) is 7.13. The molecule has 0 heterocycles. The van der Waals surface area contributed by atoms with Crippen LogP contribution in [-0.4, -0.2) is 30.0 Å². The molecule has 0 aliphatic rings. The number of rotatable bonds is 11. The second-order valence-electron chi connectivity index (χ2n) is 7.05. The number of primary amides is 1. The van der Waals surface area contributed by atoms with Crippen LogP contribution in [0.1, 0.15) is 37.3 Å². The van der Waals surface area contributed by atoms with Crippen LogP contribution in [0.3, 0.4) is 0 Å². The SMILES string of the molecule is CCCC[C@H](NC(=O)[C@@H](Cc1ccccc1)NC(=O)OCc1ccccc1)C(N)=O. The Bertz CT molecular complexity index is 812. The zero-order valence-corrected chi connectivity index (χ0v) is 17.2. The van der Waals surface area contributed by atoms with Gasteiger partial charge in [-0.1, -0.05) is 80.4 Å². The van der Waals surface area contributed by atoms with Crippen molar-refractivity contribution >= 4 is 17.9 Å². The Hall–Kier alpha value is -3.35. The fraction of sp³-hybridized carbons (Fsp3) is 0.348. The summed E-state index contributed by atoms with van der Waals surface area (Å²) in [5.74, 6) is -1.07. The van der Waals surface area contributed by atoms with E-state index in [1.807, 2.05) is 67.6 Å². The van der Waals surface area contributed by atoms with Gasteiger partial charge < -0.3 is 21.1 Å². The van der Waals surface area contributed by atoms with Crippen molar-refractivity contribution in [2.24, 2.45) is 5.73 Å². The number of nitrogens with one attached hydrogen (secondary N) is 2. The zero-order chi connectivity index (χ0) is 21.8. The zero-order valence-electron chi connectivity index (χ0n) is 17.2. The fourth-order valence-corrected chi connectivity index (χ4v) is 2.93. The van der Waals surface area contributed by atoms with Gasteiger partial charge in [0.2, 0.25) is 11.8 Å². The molecule has 7 heteroatoms. The van der Waals surface area contributed by atoms with E-state index < -0.39 is 30.0 Å². The highest BCUT2D eigenvalue weighted by atomic mass is 16.5. The quantitative estimate of drug-likeness (QED) is 0.528. The minimum Gasteiger partial charge on any atom is -0.445 e. The Kier molecular flexibility index (Phi) is 9.37. The maximum atomic E-state index is 12.8. The van der Waals surface area contributed by atoms with Crippen LogP contribution in [0, 0.1) is 0 Å². The third-order valence-corrected chi connectivity index (χ3v) is 4.61. The van der Waals surface area contributed by atoms with E-state index in [-0.39, 0.29) is 13.0 Å². The summed E-state index contributed by atoms with van der Waals surface area (Å²) in [6.45, 7) is 2.08. The fourth-order valence-electron chi connectivity index (χ4n) is 2.93. The van der Waals surface area contributed by atoms with Crippen molar-refractivity contribution in [3.63, 3.8) is 0 Å². The van der Waals surface area contributed by atoms with E-state index >= 15 is 0 Å². The summed E-state index contributed by atoms with van der Waals surface area (Å²) in [7, 11) is 0. The van der Waals surface area contributed by atoms with Crippen LogP contribution >= 0.6 is 0 Å². The van der Waals surface area contributed by atoms with E-state index in [1.54, 1.807) is 0 Å². The van der Waals surface area contributed by atoms with Crippen molar-refractivity contribution in [2.75, 3.05) is 0 Å². The van der Waals surface area contributed by atoms with E-state index in [4.69, 9.17) is 10.5 Å². The maximum Gasteiger partial charge on any atom is 0.408 e. The normalized spacial score (nSPS) is 12.4. The molecule has 0 aliphatic heterocycles. The van der Waals surface area contributed by atoms with Gasteiger partial charge in [0.25, 0.3) is 0 Å². The lowest BCUT2D eigenvalue weighted by Crippen LogP contribution is -2.53. The van der Waals surface area contributed by atoms with Crippen LogP contribution < -0.4 is 16.4 Å². The third-order valence-electron chi connectivity index (χ3n) is 4.61. The smallest absolute Gasteiger partial charge is 0.408 e. The summed E-state index contributed by atoms with van der Waals surface area (Å²) in [6, 6.07) is 16.9. The largest absolute Gasteiger partial charge is 0.445 e. The van der Waals surface area contributed by atoms with Crippen molar-refractivity contribution in [2.45, 2.75) is 51.3 Å². The second-order valence-corrected chi connectivity index (χ2v) is 7.05. The Morgan fingerprint density at radius 2 is 1.50 bits per heavy atom. The van der Waals surface area contributed by atoms with Crippen LogP contribution in [0.2, 0.25) is 0 Å². The van der Waals surface area contributed by atoms with Crippen molar-refractivity contribution in [1.82, 2.24) is 10.6 Å². The predicted molar refractivity (Wildman–Crippen MR) is 114 cm³/mol. The topological polar surface area (TPSA) is 111 Å². The van der Waals surface area contributed by atoms with Gasteiger partial charge in [-0.25, -0.2) is 4.79 Å². The minimum absolute atomic E-state index is 0.0900. The first kappa shape index (κ1) is 22.9. The number of hydrogen-bond acceptors (Lipinski definition) is 4.